The first kappa shape index (κ1) is 45.1. The van der Waals surface area contributed by atoms with E-state index in [0.717, 1.165) is 17.1 Å². The highest BCUT2D eigenvalue weighted by atomic mass is 127. The van der Waals surface area contributed by atoms with Crippen molar-refractivity contribution in [2.75, 3.05) is 93.5 Å². The number of terminal acetylenes is 1. The molecule has 0 aliphatic heterocycles. The number of halogens is 1. The normalized spacial score (nSPS) is 10.7. The third-order valence-electron chi connectivity index (χ3n) is 5.28. The van der Waals surface area contributed by atoms with Crippen molar-refractivity contribution < 1.29 is 37.9 Å². The van der Waals surface area contributed by atoms with E-state index in [2.05, 4.69) is 78.9 Å². The SMILES string of the molecule is C#C[Si](C)(C)C.COCCOCCOCCOc1ccc(C#C[Si](C)(C)C)cc1.COCCOCCOCCOc1ccc(I)cc1. The molecule has 0 amide bonds. The van der Waals surface area contributed by atoms with E-state index in [0.29, 0.717) is 79.3 Å². The van der Waals surface area contributed by atoms with Gasteiger partial charge in [-0.2, -0.15) is 0 Å². The molecule has 0 spiro atoms. The minimum atomic E-state index is -1.32. The molecule has 0 saturated heterocycles. The second-order valence-corrected chi connectivity index (χ2v) is 22.8. The molecule has 0 radical (unpaired) electrons. The fourth-order valence-electron chi connectivity index (χ4n) is 2.79. The molecule has 2 aromatic rings. The molecule has 0 saturated carbocycles. The van der Waals surface area contributed by atoms with E-state index in [9.17, 15) is 0 Å². The second-order valence-electron chi connectivity index (χ2n) is 12.0. The third-order valence-corrected chi connectivity index (χ3v) is 7.74. The summed E-state index contributed by atoms with van der Waals surface area (Å²) < 4.78 is 43.4. The van der Waals surface area contributed by atoms with Crippen LogP contribution in [-0.2, 0) is 28.4 Å². The van der Waals surface area contributed by atoms with Crippen LogP contribution >= 0.6 is 22.6 Å². The average Bonchev–Trinajstić information content (AvgIpc) is 3.03. The van der Waals surface area contributed by atoms with E-state index in [1.165, 1.54) is 3.57 Å². The van der Waals surface area contributed by atoms with Crippen molar-refractivity contribution in [2.24, 2.45) is 0 Å². The van der Waals surface area contributed by atoms with Gasteiger partial charge < -0.3 is 37.9 Å². The Hall–Kier alpha value is -1.92. The van der Waals surface area contributed by atoms with E-state index >= 15 is 0 Å². The van der Waals surface area contributed by atoms with E-state index in [4.69, 9.17) is 44.3 Å². The molecule has 0 atom stereocenters. The molecule has 0 aromatic heterocycles. The molecular weight excluding hydrogens is 743 g/mol. The third kappa shape index (κ3) is 32.4. The van der Waals surface area contributed by atoms with Gasteiger partial charge in [0.05, 0.1) is 66.1 Å². The summed E-state index contributed by atoms with van der Waals surface area (Å²) in [6.45, 7) is 20.1. The maximum Gasteiger partial charge on any atom is 0.129 e. The lowest BCUT2D eigenvalue weighted by molar-refractivity contribution is 0.0180. The topological polar surface area (TPSA) is 73.8 Å². The number of hydrogen-bond acceptors (Lipinski definition) is 8. The van der Waals surface area contributed by atoms with Crippen LogP contribution in [0.1, 0.15) is 5.56 Å². The molecule has 11 heteroatoms. The van der Waals surface area contributed by atoms with Crippen LogP contribution < -0.4 is 9.47 Å². The largest absolute Gasteiger partial charge is 0.491 e. The average molecular weight is 801 g/mol. The van der Waals surface area contributed by atoms with E-state index in [-0.39, 0.29) is 0 Å². The Balaban J connectivity index is 0.000000782. The van der Waals surface area contributed by atoms with E-state index in [1.54, 1.807) is 14.2 Å². The van der Waals surface area contributed by atoms with E-state index in [1.807, 2.05) is 48.5 Å². The minimum Gasteiger partial charge on any atom is -0.491 e. The van der Waals surface area contributed by atoms with Gasteiger partial charge >= 0.3 is 0 Å². The Bertz CT molecular complexity index is 1120. The smallest absolute Gasteiger partial charge is 0.129 e. The molecule has 0 bridgehead atoms. The molecule has 0 N–H and O–H groups in total. The van der Waals surface area contributed by atoms with Crippen molar-refractivity contribution in [2.45, 2.75) is 39.3 Å². The summed E-state index contributed by atoms with van der Waals surface area (Å²) >= 11 is 2.26. The van der Waals surface area contributed by atoms with Crippen LogP contribution in [0.25, 0.3) is 0 Å². The van der Waals surface area contributed by atoms with Crippen molar-refractivity contribution in [1.82, 2.24) is 0 Å². The number of benzene rings is 2. The first-order chi connectivity index (χ1) is 22.4. The highest BCUT2D eigenvalue weighted by Gasteiger charge is 2.07. The maximum atomic E-state index is 5.63. The Morgan fingerprint density at radius 2 is 0.872 bits per heavy atom. The molecular formula is C36H57IO8Si2. The summed E-state index contributed by atoms with van der Waals surface area (Å²) in [5.41, 5.74) is 7.13. The first-order valence-electron chi connectivity index (χ1n) is 15.8. The van der Waals surface area contributed by atoms with Gasteiger partial charge in [0.2, 0.25) is 0 Å². The number of rotatable bonds is 20. The van der Waals surface area contributed by atoms with Gasteiger partial charge in [-0.15, -0.1) is 17.5 Å². The van der Waals surface area contributed by atoms with Crippen molar-refractivity contribution in [3.63, 3.8) is 0 Å². The number of ether oxygens (including phenoxy) is 8. The summed E-state index contributed by atoms with van der Waals surface area (Å²) in [6.07, 6.45) is 5.12. The Kier molecular flexibility index (Phi) is 27.9. The minimum absolute atomic E-state index is 0.526. The summed E-state index contributed by atoms with van der Waals surface area (Å²) in [4.78, 5) is 0. The standard InChI is InChI=1S/C18H28O4Si.C13H19IO4.C5H10Si/c1-19-10-11-20-12-13-21-14-15-22-18-7-5-17(6-8-18)9-16-23(2,3)4;1-15-6-7-16-8-9-17-10-11-18-13-4-2-12(14)3-5-13;1-5-6(2,3)4/h5-8H,10-15H2,1-4H3;2-5H,6-11H2,1H3;1H,2-4H3. The van der Waals surface area contributed by atoms with Gasteiger partial charge in [0, 0.05) is 23.4 Å². The highest BCUT2D eigenvalue weighted by molar-refractivity contribution is 14.1. The maximum absolute atomic E-state index is 5.63. The first-order valence-corrected chi connectivity index (χ1v) is 23.9. The van der Waals surface area contributed by atoms with Crippen LogP contribution in [0.3, 0.4) is 0 Å². The van der Waals surface area contributed by atoms with Gasteiger partial charge in [-0.05, 0) is 71.1 Å². The Labute approximate surface area is 300 Å². The molecule has 2 aromatic carbocycles. The molecule has 0 unspecified atom stereocenters. The second kappa shape index (κ2) is 29.0. The van der Waals surface area contributed by atoms with Gasteiger partial charge in [-0.25, -0.2) is 0 Å². The lowest BCUT2D eigenvalue weighted by Crippen LogP contribution is -2.16. The van der Waals surface area contributed by atoms with Crippen LogP contribution in [0.4, 0.5) is 0 Å². The fourth-order valence-corrected chi connectivity index (χ4v) is 3.67. The Morgan fingerprint density at radius 3 is 1.21 bits per heavy atom. The van der Waals surface area contributed by atoms with Crippen LogP contribution in [0.15, 0.2) is 48.5 Å². The molecule has 2 rings (SSSR count). The zero-order chi connectivity index (χ0) is 35.2. The van der Waals surface area contributed by atoms with Crippen molar-refractivity contribution in [3.05, 3.63) is 57.7 Å². The quantitative estimate of drug-likeness (QED) is 0.0626. The molecule has 8 nitrogen and oxygen atoms in total. The molecule has 264 valence electrons. The van der Waals surface area contributed by atoms with Gasteiger partial charge in [-0.1, -0.05) is 45.2 Å². The lowest BCUT2D eigenvalue weighted by Gasteiger charge is -2.08. The molecule has 0 aliphatic rings. The van der Waals surface area contributed by atoms with Gasteiger partial charge in [0.15, 0.2) is 0 Å². The van der Waals surface area contributed by atoms with Crippen molar-refractivity contribution in [3.8, 4) is 34.9 Å². The van der Waals surface area contributed by atoms with Gasteiger partial charge in [0.1, 0.15) is 40.9 Å². The van der Waals surface area contributed by atoms with Gasteiger partial charge in [-0.3, -0.25) is 0 Å². The van der Waals surface area contributed by atoms with Crippen molar-refractivity contribution in [1.29, 1.82) is 0 Å². The van der Waals surface area contributed by atoms with Crippen molar-refractivity contribution >= 4 is 38.7 Å². The zero-order valence-corrected chi connectivity index (χ0v) is 34.0. The number of methoxy groups -OCH3 is 2. The molecule has 0 aliphatic carbocycles. The summed E-state index contributed by atoms with van der Waals surface area (Å²) in [5.74, 6) is 4.93. The monoisotopic (exact) mass is 800 g/mol. The highest BCUT2D eigenvalue weighted by Crippen LogP contribution is 2.13. The summed E-state index contributed by atoms with van der Waals surface area (Å²) in [6, 6.07) is 15.8. The van der Waals surface area contributed by atoms with E-state index < -0.39 is 16.1 Å². The zero-order valence-electron chi connectivity index (χ0n) is 29.8. The molecule has 47 heavy (non-hydrogen) atoms. The molecule has 0 fully saturated rings. The fraction of sp³-hybridized carbons (Fsp3) is 0.556. The summed E-state index contributed by atoms with van der Waals surface area (Å²) in [5, 5.41) is 0. The van der Waals surface area contributed by atoms with Crippen LogP contribution in [0.5, 0.6) is 11.5 Å². The van der Waals surface area contributed by atoms with Crippen LogP contribution in [0.2, 0.25) is 39.3 Å². The van der Waals surface area contributed by atoms with Crippen LogP contribution in [0, 0.1) is 27.0 Å². The summed E-state index contributed by atoms with van der Waals surface area (Å²) in [7, 11) is 0.882. The predicted molar refractivity (Wildman–Crippen MR) is 206 cm³/mol. The predicted octanol–water partition coefficient (Wildman–Crippen LogP) is 6.82. The number of hydrogen-bond donors (Lipinski definition) is 0. The van der Waals surface area contributed by atoms with Gasteiger partial charge in [0.25, 0.3) is 0 Å². The molecule has 0 heterocycles. The Morgan fingerprint density at radius 1 is 0.532 bits per heavy atom. The van der Waals surface area contributed by atoms with Crippen LogP contribution in [-0.4, -0.2) is 110 Å². The lowest BCUT2D eigenvalue weighted by atomic mass is 10.2.